The number of nitrogens with one attached hydrogen (secondary N) is 1. The number of likely N-dealkylation sites (tertiary alicyclic amines) is 1. The van der Waals surface area contributed by atoms with Crippen molar-refractivity contribution in [3.8, 4) is 17.2 Å². The number of nitrogens with zero attached hydrogens (tertiary/aromatic N) is 1. The topological polar surface area (TPSA) is 92.6 Å². The standard InChI is InChI=1S/C28H36N2O6/c1-7-34-22-14-11-20(17-23(22)35-8-2)25-24(27(32)28(33)30(25)16-15-29(5)6)26(31)19-9-12-21(13-10-19)36-18(3)4/h9-14,17-18,25,31H,7-8,15-16H2,1-6H3/b26-24+. The molecule has 1 atom stereocenters. The Hall–Kier alpha value is -3.52. The fourth-order valence-corrected chi connectivity index (χ4v) is 4.14. The predicted octanol–water partition coefficient (Wildman–Crippen LogP) is 1.64. The van der Waals surface area contributed by atoms with Gasteiger partial charge in [-0.1, -0.05) is 24.0 Å². The van der Waals surface area contributed by atoms with E-state index in [1.54, 1.807) is 42.5 Å². The minimum Gasteiger partial charge on any atom is -0.872 e. The van der Waals surface area contributed by atoms with Crippen molar-refractivity contribution in [2.24, 2.45) is 0 Å². The van der Waals surface area contributed by atoms with Crippen LogP contribution in [0.3, 0.4) is 0 Å². The van der Waals surface area contributed by atoms with Crippen molar-refractivity contribution in [1.29, 1.82) is 0 Å². The lowest BCUT2D eigenvalue weighted by atomic mass is 9.95. The van der Waals surface area contributed by atoms with Gasteiger partial charge in [-0.3, -0.25) is 9.59 Å². The van der Waals surface area contributed by atoms with Crippen LogP contribution in [-0.4, -0.2) is 63.1 Å². The van der Waals surface area contributed by atoms with Gasteiger partial charge in [-0.2, -0.15) is 0 Å². The Morgan fingerprint density at radius 1 is 1.00 bits per heavy atom. The molecule has 1 aliphatic rings. The molecular formula is C28H36N2O6. The van der Waals surface area contributed by atoms with E-state index in [0.717, 1.165) is 4.90 Å². The van der Waals surface area contributed by atoms with Gasteiger partial charge in [-0.05, 0) is 63.1 Å². The summed E-state index contributed by atoms with van der Waals surface area (Å²) in [7, 11) is 3.94. The summed E-state index contributed by atoms with van der Waals surface area (Å²) in [6, 6.07) is 11.1. The predicted molar refractivity (Wildman–Crippen MR) is 135 cm³/mol. The Morgan fingerprint density at radius 2 is 1.64 bits per heavy atom. The van der Waals surface area contributed by atoms with Crippen molar-refractivity contribution in [1.82, 2.24) is 4.90 Å². The highest BCUT2D eigenvalue weighted by Crippen LogP contribution is 2.41. The summed E-state index contributed by atoms with van der Waals surface area (Å²) in [5.41, 5.74) is 0.888. The van der Waals surface area contributed by atoms with E-state index in [1.807, 2.05) is 41.8 Å². The van der Waals surface area contributed by atoms with E-state index in [0.29, 0.717) is 54.7 Å². The highest BCUT2D eigenvalue weighted by atomic mass is 16.5. The van der Waals surface area contributed by atoms with Crippen LogP contribution in [0.2, 0.25) is 0 Å². The van der Waals surface area contributed by atoms with Crippen LogP contribution >= 0.6 is 0 Å². The largest absolute Gasteiger partial charge is 0.872 e. The number of Topliss-reactive ketones (excluding diaryl/α,β-unsaturated/α-hetero) is 1. The third-order valence-corrected chi connectivity index (χ3v) is 5.75. The number of benzene rings is 2. The van der Waals surface area contributed by atoms with E-state index in [4.69, 9.17) is 14.2 Å². The van der Waals surface area contributed by atoms with Gasteiger partial charge >= 0.3 is 0 Å². The summed E-state index contributed by atoms with van der Waals surface area (Å²) in [6.45, 7) is 9.40. The third-order valence-electron chi connectivity index (χ3n) is 5.75. The SMILES string of the molecule is CCOc1ccc(C2/C(=C(\[O-])c3ccc(OC(C)C)cc3)C(=O)C(=O)N2CC[NH+](C)C)cc1OCC. The van der Waals surface area contributed by atoms with Gasteiger partial charge in [0.05, 0.1) is 52.5 Å². The van der Waals surface area contributed by atoms with E-state index in [2.05, 4.69) is 0 Å². The first-order valence-electron chi connectivity index (χ1n) is 12.4. The van der Waals surface area contributed by atoms with Gasteiger partial charge < -0.3 is 29.1 Å². The van der Waals surface area contributed by atoms with E-state index in [9.17, 15) is 14.7 Å². The molecule has 3 rings (SSSR count). The molecule has 1 saturated heterocycles. The number of ether oxygens (including phenoxy) is 3. The van der Waals surface area contributed by atoms with Crippen LogP contribution < -0.4 is 24.2 Å². The van der Waals surface area contributed by atoms with E-state index in [-0.39, 0.29) is 11.7 Å². The zero-order valence-corrected chi connectivity index (χ0v) is 21.9. The fraction of sp³-hybridized carbons (Fsp3) is 0.429. The van der Waals surface area contributed by atoms with Gasteiger partial charge in [0.25, 0.3) is 5.91 Å². The van der Waals surface area contributed by atoms with Crippen molar-refractivity contribution in [2.75, 3.05) is 40.4 Å². The maximum atomic E-state index is 13.6. The minimum absolute atomic E-state index is 0.00841. The molecule has 1 heterocycles. The van der Waals surface area contributed by atoms with E-state index >= 15 is 0 Å². The van der Waals surface area contributed by atoms with E-state index < -0.39 is 23.5 Å². The zero-order chi connectivity index (χ0) is 26.4. The molecule has 1 fully saturated rings. The van der Waals surface area contributed by atoms with Gasteiger partial charge in [0.15, 0.2) is 11.5 Å². The molecule has 2 aromatic rings. The quantitative estimate of drug-likeness (QED) is 0.289. The lowest BCUT2D eigenvalue weighted by Crippen LogP contribution is -3.06. The molecule has 8 heteroatoms. The molecule has 1 N–H and O–H groups in total. The molecule has 0 aromatic heterocycles. The number of likely N-dealkylation sites (N-methyl/N-ethyl adjacent to an activating group) is 1. The Balaban J connectivity index is 2.13. The Kier molecular flexibility index (Phi) is 8.98. The molecular weight excluding hydrogens is 460 g/mol. The first-order valence-corrected chi connectivity index (χ1v) is 12.4. The highest BCUT2D eigenvalue weighted by Gasteiger charge is 2.44. The Morgan fingerprint density at radius 3 is 2.22 bits per heavy atom. The Bertz CT molecular complexity index is 1110. The van der Waals surface area contributed by atoms with Crippen LogP contribution in [0.4, 0.5) is 0 Å². The van der Waals surface area contributed by atoms with Gasteiger partial charge in [-0.15, -0.1) is 0 Å². The van der Waals surface area contributed by atoms with Crippen molar-refractivity contribution in [3.05, 3.63) is 59.2 Å². The van der Waals surface area contributed by atoms with Gasteiger partial charge in [0.2, 0.25) is 5.78 Å². The molecule has 0 spiro atoms. The molecule has 8 nitrogen and oxygen atoms in total. The molecule has 194 valence electrons. The average molecular weight is 497 g/mol. The smallest absolute Gasteiger partial charge is 0.295 e. The van der Waals surface area contributed by atoms with Crippen molar-refractivity contribution >= 4 is 17.4 Å². The van der Waals surface area contributed by atoms with E-state index in [1.165, 1.54) is 4.90 Å². The summed E-state index contributed by atoms with van der Waals surface area (Å²) in [4.78, 5) is 28.9. The van der Waals surface area contributed by atoms with Crippen molar-refractivity contribution in [3.63, 3.8) is 0 Å². The molecule has 0 aliphatic carbocycles. The molecule has 0 bridgehead atoms. The number of rotatable bonds is 11. The molecule has 36 heavy (non-hydrogen) atoms. The molecule has 0 saturated carbocycles. The average Bonchev–Trinajstić information content (AvgIpc) is 3.08. The van der Waals surface area contributed by atoms with Gasteiger partial charge in [0.1, 0.15) is 5.75 Å². The zero-order valence-electron chi connectivity index (χ0n) is 21.9. The second-order valence-electron chi connectivity index (χ2n) is 9.19. The summed E-state index contributed by atoms with van der Waals surface area (Å²) >= 11 is 0. The number of carbonyl (C=O) groups is 2. The lowest BCUT2D eigenvalue weighted by Gasteiger charge is -2.28. The number of amides is 1. The fourth-order valence-electron chi connectivity index (χ4n) is 4.14. The van der Waals surface area contributed by atoms with Crippen LogP contribution in [0.25, 0.3) is 5.76 Å². The van der Waals surface area contributed by atoms with Gasteiger partial charge in [-0.25, -0.2) is 0 Å². The number of quaternary nitrogens is 1. The molecule has 0 radical (unpaired) electrons. The van der Waals surface area contributed by atoms with Crippen LogP contribution in [-0.2, 0) is 9.59 Å². The van der Waals surface area contributed by atoms with Crippen LogP contribution in [0.1, 0.15) is 44.9 Å². The van der Waals surface area contributed by atoms with Crippen LogP contribution in [0, 0.1) is 0 Å². The number of hydrogen-bond donors (Lipinski definition) is 1. The first kappa shape index (κ1) is 27.1. The monoisotopic (exact) mass is 496 g/mol. The number of ketones is 1. The Labute approximate surface area is 213 Å². The number of carbonyl (C=O) groups excluding carboxylic acids is 2. The molecule has 1 aliphatic heterocycles. The van der Waals surface area contributed by atoms with Crippen molar-refractivity contribution < 1.29 is 33.8 Å². The van der Waals surface area contributed by atoms with Crippen LogP contribution in [0.15, 0.2) is 48.0 Å². The van der Waals surface area contributed by atoms with Gasteiger partial charge in [0, 0.05) is 5.57 Å². The molecule has 2 aromatic carbocycles. The maximum Gasteiger partial charge on any atom is 0.295 e. The summed E-state index contributed by atoms with van der Waals surface area (Å²) in [5, 5.41) is 13.6. The van der Waals surface area contributed by atoms with Crippen LogP contribution in [0.5, 0.6) is 17.2 Å². The molecule has 1 unspecified atom stereocenters. The normalized spacial score (nSPS) is 17.2. The summed E-state index contributed by atoms with van der Waals surface area (Å²) < 4.78 is 17.1. The summed E-state index contributed by atoms with van der Waals surface area (Å²) in [6.07, 6.45) is -0.00841. The third kappa shape index (κ3) is 5.99. The summed E-state index contributed by atoms with van der Waals surface area (Å²) in [5.74, 6) is -0.217. The second-order valence-corrected chi connectivity index (χ2v) is 9.19. The minimum atomic E-state index is -0.821. The maximum absolute atomic E-state index is 13.6. The number of hydrogen-bond acceptors (Lipinski definition) is 6. The first-order chi connectivity index (χ1) is 17.2. The molecule has 1 amide bonds. The highest BCUT2D eigenvalue weighted by molar-refractivity contribution is 6.46. The second kappa shape index (κ2) is 11.9. The van der Waals surface area contributed by atoms with Crippen molar-refractivity contribution in [2.45, 2.75) is 39.8 Å². The lowest BCUT2D eigenvalue weighted by molar-refractivity contribution is -0.857.